The van der Waals surface area contributed by atoms with E-state index in [0.29, 0.717) is 5.92 Å². The van der Waals surface area contributed by atoms with Crippen molar-refractivity contribution in [3.05, 3.63) is 35.6 Å². The lowest BCUT2D eigenvalue weighted by molar-refractivity contribution is -0.110. The molecule has 2 N–H and O–H groups in total. The number of halogens is 1. The molecule has 3 atom stereocenters. The number of likely N-dealkylation sites (tertiary alicyclic amines) is 1. The molecule has 122 valence electrons. The first-order valence-electron chi connectivity index (χ1n) is 8.02. The third-order valence-electron chi connectivity index (χ3n) is 4.94. The number of aldehydes is 1. The van der Waals surface area contributed by atoms with Gasteiger partial charge in [-0.2, -0.15) is 0 Å². The predicted molar refractivity (Wildman–Crippen MR) is 87.2 cm³/mol. The van der Waals surface area contributed by atoms with E-state index in [1.165, 1.54) is 5.56 Å². The second-order valence-corrected chi connectivity index (χ2v) is 7.31. The zero-order valence-electron chi connectivity index (χ0n) is 13.8. The minimum absolute atomic E-state index is 0.112. The maximum absolute atomic E-state index is 13.1. The Balaban J connectivity index is 2.03. The summed E-state index contributed by atoms with van der Waals surface area (Å²) in [5, 5.41) is 0. The number of benzene rings is 1. The first-order valence-corrected chi connectivity index (χ1v) is 8.02. The number of piperidine rings is 1. The second kappa shape index (κ2) is 6.88. The lowest BCUT2D eigenvalue weighted by atomic mass is 9.70. The normalized spacial score (nSPS) is 24.7. The molecule has 22 heavy (non-hydrogen) atoms. The van der Waals surface area contributed by atoms with E-state index in [-0.39, 0.29) is 17.2 Å². The molecule has 4 heteroatoms. The van der Waals surface area contributed by atoms with Crippen LogP contribution >= 0.6 is 0 Å². The van der Waals surface area contributed by atoms with E-state index < -0.39 is 6.04 Å². The number of hydrogen-bond acceptors (Lipinski definition) is 3. The summed E-state index contributed by atoms with van der Waals surface area (Å²) in [6, 6.07) is 6.51. The van der Waals surface area contributed by atoms with Crippen molar-refractivity contribution in [2.24, 2.45) is 17.1 Å². The van der Waals surface area contributed by atoms with Gasteiger partial charge in [0.05, 0.1) is 6.04 Å². The second-order valence-electron chi connectivity index (χ2n) is 7.31. The SMILES string of the molecule is CC(CN1CCC(c2ccc(F)cc2)C(C)(C)C1)C(N)C=O. The zero-order valence-corrected chi connectivity index (χ0v) is 13.8. The van der Waals surface area contributed by atoms with E-state index in [2.05, 4.69) is 18.7 Å². The summed E-state index contributed by atoms with van der Waals surface area (Å²) in [7, 11) is 0. The van der Waals surface area contributed by atoms with E-state index in [1.54, 1.807) is 12.1 Å². The molecule has 1 aromatic rings. The molecule has 0 radical (unpaired) electrons. The molecule has 0 spiro atoms. The van der Waals surface area contributed by atoms with Gasteiger partial charge in [0.15, 0.2) is 0 Å². The molecule has 1 heterocycles. The molecule has 0 saturated carbocycles. The van der Waals surface area contributed by atoms with Crippen molar-refractivity contribution >= 4 is 6.29 Å². The molecule has 0 aromatic heterocycles. The molecule has 1 aliphatic heterocycles. The van der Waals surface area contributed by atoms with Crippen LogP contribution in [0.5, 0.6) is 0 Å². The highest BCUT2D eigenvalue weighted by molar-refractivity contribution is 5.57. The van der Waals surface area contributed by atoms with Gasteiger partial charge in [-0.25, -0.2) is 4.39 Å². The van der Waals surface area contributed by atoms with E-state index >= 15 is 0 Å². The Hall–Kier alpha value is -1.26. The van der Waals surface area contributed by atoms with Gasteiger partial charge >= 0.3 is 0 Å². The van der Waals surface area contributed by atoms with Gasteiger partial charge in [-0.05, 0) is 47.9 Å². The fourth-order valence-corrected chi connectivity index (χ4v) is 3.60. The molecule has 0 amide bonds. The molecule has 1 saturated heterocycles. The van der Waals surface area contributed by atoms with E-state index in [9.17, 15) is 9.18 Å². The number of hydrogen-bond donors (Lipinski definition) is 1. The van der Waals surface area contributed by atoms with Crippen molar-refractivity contribution < 1.29 is 9.18 Å². The maximum atomic E-state index is 13.1. The van der Waals surface area contributed by atoms with Crippen LogP contribution in [0.1, 0.15) is 38.7 Å². The van der Waals surface area contributed by atoms with E-state index in [4.69, 9.17) is 5.73 Å². The fraction of sp³-hybridized carbons (Fsp3) is 0.611. The topological polar surface area (TPSA) is 46.3 Å². The molecule has 0 bridgehead atoms. The van der Waals surface area contributed by atoms with Crippen molar-refractivity contribution in [2.45, 2.75) is 39.2 Å². The van der Waals surface area contributed by atoms with Gasteiger partial charge in [-0.15, -0.1) is 0 Å². The lowest BCUT2D eigenvalue weighted by Gasteiger charge is -2.45. The monoisotopic (exact) mass is 306 g/mol. The summed E-state index contributed by atoms with van der Waals surface area (Å²) in [6.07, 6.45) is 1.88. The van der Waals surface area contributed by atoms with Gasteiger partial charge in [-0.1, -0.05) is 32.9 Å². The predicted octanol–water partition coefficient (Wildman–Crippen LogP) is 2.80. The van der Waals surface area contributed by atoms with Crippen molar-refractivity contribution in [3.63, 3.8) is 0 Å². The third-order valence-corrected chi connectivity index (χ3v) is 4.94. The van der Waals surface area contributed by atoms with Crippen LogP contribution in [-0.4, -0.2) is 36.9 Å². The smallest absolute Gasteiger partial charge is 0.137 e. The standard InChI is InChI=1S/C18H27FN2O/c1-13(17(20)11-22)10-21-9-8-16(18(2,3)12-21)14-4-6-15(19)7-5-14/h4-7,11,13,16-17H,8-10,12,20H2,1-3H3. The summed E-state index contributed by atoms with van der Waals surface area (Å²) >= 11 is 0. The van der Waals surface area contributed by atoms with Crippen molar-refractivity contribution in [1.29, 1.82) is 0 Å². The summed E-state index contributed by atoms with van der Waals surface area (Å²) < 4.78 is 13.1. The summed E-state index contributed by atoms with van der Waals surface area (Å²) in [6.45, 7) is 9.35. The molecule has 1 aliphatic rings. The fourth-order valence-electron chi connectivity index (χ4n) is 3.60. The molecule has 3 nitrogen and oxygen atoms in total. The Bertz CT molecular complexity index is 500. The average Bonchev–Trinajstić information content (AvgIpc) is 2.47. The van der Waals surface area contributed by atoms with Gasteiger partial charge < -0.3 is 15.4 Å². The molecule has 1 aromatic carbocycles. The Kier molecular flexibility index (Phi) is 5.35. The number of rotatable bonds is 5. The Labute approximate surface area is 132 Å². The van der Waals surface area contributed by atoms with Gasteiger partial charge in [0.25, 0.3) is 0 Å². The molecular weight excluding hydrogens is 279 g/mol. The molecular formula is C18H27FN2O. The summed E-state index contributed by atoms with van der Waals surface area (Å²) in [5.74, 6) is 0.408. The van der Waals surface area contributed by atoms with Crippen molar-refractivity contribution in [2.75, 3.05) is 19.6 Å². The van der Waals surface area contributed by atoms with Crippen LogP contribution in [0, 0.1) is 17.2 Å². The highest BCUT2D eigenvalue weighted by Crippen LogP contribution is 2.42. The molecule has 3 unspecified atom stereocenters. The van der Waals surface area contributed by atoms with E-state index in [0.717, 1.165) is 32.3 Å². The third kappa shape index (κ3) is 3.93. The number of carbonyl (C=O) groups is 1. The lowest BCUT2D eigenvalue weighted by Crippen LogP contribution is -2.48. The molecule has 2 rings (SSSR count). The highest BCUT2D eigenvalue weighted by atomic mass is 19.1. The van der Waals surface area contributed by atoms with Gasteiger partial charge in [-0.3, -0.25) is 0 Å². The quantitative estimate of drug-likeness (QED) is 0.851. The van der Waals surface area contributed by atoms with Gasteiger partial charge in [0.1, 0.15) is 12.1 Å². The Morgan fingerprint density at radius 2 is 2.05 bits per heavy atom. The van der Waals surface area contributed by atoms with Gasteiger partial charge in [0, 0.05) is 13.1 Å². The molecule has 0 aliphatic carbocycles. The minimum Gasteiger partial charge on any atom is -0.321 e. The van der Waals surface area contributed by atoms with Crippen LogP contribution in [0.2, 0.25) is 0 Å². The van der Waals surface area contributed by atoms with Crippen LogP contribution in [0.3, 0.4) is 0 Å². The largest absolute Gasteiger partial charge is 0.321 e. The van der Waals surface area contributed by atoms with Crippen LogP contribution in [0.25, 0.3) is 0 Å². The minimum atomic E-state index is -0.391. The first-order chi connectivity index (χ1) is 10.3. The maximum Gasteiger partial charge on any atom is 0.137 e. The first kappa shape index (κ1) is 17.1. The molecule has 1 fully saturated rings. The van der Waals surface area contributed by atoms with Crippen molar-refractivity contribution in [3.8, 4) is 0 Å². The number of nitrogens with zero attached hydrogens (tertiary/aromatic N) is 1. The van der Waals surface area contributed by atoms with Gasteiger partial charge in [0.2, 0.25) is 0 Å². The zero-order chi connectivity index (χ0) is 16.3. The number of nitrogens with two attached hydrogens (primary N) is 1. The Morgan fingerprint density at radius 3 is 2.59 bits per heavy atom. The van der Waals surface area contributed by atoms with Crippen LogP contribution in [0.15, 0.2) is 24.3 Å². The van der Waals surface area contributed by atoms with Crippen molar-refractivity contribution in [1.82, 2.24) is 4.90 Å². The van der Waals surface area contributed by atoms with Crippen LogP contribution in [-0.2, 0) is 4.79 Å². The van der Waals surface area contributed by atoms with Crippen LogP contribution in [0.4, 0.5) is 4.39 Å². The average molecular weight is 306 g/mol. The Morgan fingerprint density at radius 1 is 1.41 bits per heavy atom. The highest BCUT2D eigenvalue weighted by Gasteiger charge is 2.37. The number of carbonyl (C=O) groups excluding carboxylic acids is 1. The summed E-state index contributed by atoms with van der Waals surface area (Å²) in [5.41, 5.74) is 7.13. The van der Waals surface area contributed by atoms with Crippen LogP contribution < -0.4 is 5.73 Å². The van der Waals surface area contributed by atoms with E-state index in [1.807, 2.05) is 19.1 Å². The summed E-state index contributed by atoms with van der Waals surface area (Å²) in [4.78, 5) is 13.2.